The van der Waals surface area contributed by atoms with E-state index in [9.17, 15) is 4.79 Å². The highest BCUT2D eigenvalue weighted by molar-refractivity contribution is 7.09. The number of carbonyl (C=O) groups is 1. The summed E-state index contributed by atoms with van der Waals surface area (Å²) in [6, 6.07) is 14.5. The van der Waals surface area contributed by atoms with Gasteiger partial charge in [-0.1, -0.05) is 43.3 Å². The Bertz CT molecular complexity index is 641. The van der Waals surface area contributed by atoms with Crippen molar-refractivity contribution in [2.24, 2.45) is 0 Å². The van der Waals surface area contributed by atoms with Crippen molar-refractivity contribution in [1.82, 2.24) is 10.2 Å². The standard InChI is InChI=1S/C20H26N2OS/c1-2-22-13-7-11-20(12-14-22,17-8-4-3-5-9-17)19(23)21-16-18-10-6-15-24-18/h3-6,8-10,15H,2,7,11-14,16H2,1H3,(H,21,23)/t20-/m0/s1. The fourth-order valence-electron chi connectivity index (χ4n) is 3.66. The molecule has 0 radical (unpaired) electrons. The highest BCUT2D eigenvalue weighted by atomic mass is 32.1. The summed E-state index contributed by atoms with van der Waals surface area (Å²) in [6.45, 7) is 5.96. The molecule has 128 valence electrons. The summed E-state index contributed by atoms with van der Waals surface area (Å²) in [5, 5.41) is 5.26. The van der Waals surface area contributed by atoms with E-state index >= 15 is 0 Å². The summed E-state index contributed by atoms with van der Waals surface area (Å²) in [6.07, 6.45) is 2.88. The molecule has 1 amide bonds. The molecule has 3 rings (SSSR count). The average Bonchev–Trinajstić information content (AvgIpc) is 3.05. The van der Waals surface area contributed by atoms with Crippen molar-refractivity contribution < 1.29 is 4.79 Å². The van der Waals surface area contributed by atoms with E-state index in [-0.39, 0.29) is 5.91 Å². The number of benzene rings is 1. The zero-order valence-corrected chi connectivity index (χ0v) is 15.1. The van der Waals surface area contributed by atoms with Crippen molar-refractivity contribution in [2.45, 2.75) is 38.1 Å². The molecule has 0 saturated carbocycles. The van der Waals surface area contributed by atoms with Gasteiger partial charge in [0, 0.05) is 4.88 Å². The third kappa shape index (κ3) is 3.70. The van der Waals surface area contributed by atoms with Crippen LogP contribution in [0, 0.1) is 0 Å². The second kappa shape index (κ2) is 7.95. The lowest BCUT2D eigenvalue weighted by atomic mass is 9.73. The van der Waals surface area contributed by atoms with Crippen molar-refractivity contribution in [3.8, 4) is 0 Å². The molecule has 2 aromatic rings. The predicted octanol–water partition coefficient (Wildman–Crippen LogP) is 3.81. The molecule has 0 bridgehead atoms. The molecular formula is C20H26N2OS. The SMILES string of the molecule is CCN1CCC[C@@](C(=O)NCc2cccs2)(c2ccccc2)CC1. The van der Waals surface area contributed by atoms with Crippen LogP contribution in [0.5, 0.6) is 0 Å². The van der Waals surface area contributed by atoms with E-state index in [1.54, 1.807) is 11.3 Å². The van der Waals surface area contributed by atoms with E-state index in [1.165, 1.54) is 4.88 Å². The number of nitrogens with zero attached hydrogens (tertiary/aromatic N) is 1. The summed E-state index contributed by atoms with van der Waals surface area (Å²) in [5.74, 6) is 0.181. The lowest BCUT2D eigenvalue weighted by molar-refractivity contribution is -0.127. The Balaban J connectivity index is 1.83. The van der Waals surface area contributed by atoms with Crippen LogP contribution >= 0.6 is 11.3 Å². The van der Waals surface area contributed by atoms with Crippen molar-refractivity contribution >= 4 is 17.2 Å². The summed E-state index contributed by atoms with van der Waals surface area (Å²) in [5.41, 5.74) is 0.759. The molecule has 0 aliphatic carbocycles. The highest BCUT2D eigenvalue weighted by Gasteiger charge is 2.40. The van der Waals surface area contributed by atoms with Crippen LogP contribution in [-0.4, -0.2) is 30.4 Å². The molecule has 3 nitrogen and oxygen atoms in total. The van der Waals surface area contributed by atoms with Gasteiger partial charge in [0.25, 0.3) is 0 Å². The van der Waals surface area contributed by atoms with E-state index in [1.807, 2.05) is 24.3 Å². The monoisotopic (exact) mass is 342 g/mol. The number of nitrogens with one attached hydrogen (secondary N) is 1. The molecule has 0 unspecified atom stereocenters. The highest BCUT2D eigenvalue weighted by Crippen LogP contribution is 2.36. The molecule has 1 saturated heterocycles. The lowest BCUT2D eigenvalue weighted by Gasteiger charge is -2.32. The number of rotatable bonds is 5. The van der Waals surface area contributed by atoms with Crippen molar-refractivity contribution in [3.05, 3.63) is 58.3 Å². The predicted molar refractivity (Wildman–Crippen MR) is 100 cm³/mol. The van der Waals surface area contributed by atoms with E-state index in [0.717, 1.165) is 44.5 Å². The molecule has 24 heavy (non-hydrogen) atoms. The zero-order chi connectivity index (χ0) is 16.8. The Labute approximate surface area is 148 Å². The van der Waals surface area contributed by atoms with Gasteiger partial charge in [-0.05, 0) is 55.9 Å². The largest absolute Gasteiger partial charge is 0.350 e. The summed E-state index contributed by atoms with van der Waals surface area (Å²) in [4.78, 5) is 16.9. The second-order valence-corrected chi connectivity index (χ2v) is 7.53. The van der Waals surface area contributed by atoms with Gasteiger partial charge in [0.05, 0.1) is 12.0 Å². The minimum Gasteiger partial charge on any atom is -0.350 e. The first-order valence-corrected chi connectivity index (χ1v) is 9.71. The maximum Gasteiger partial charge on any atom is 0.230 e. The molecule has 1 fully saturated rings. The number of likely N-dealkylation sites (tertiary alicyclic amines) is 1. The molecular weight excluding hydrogens is 316 g/mol. The first-order valence-electron chi connectivity index (χ1n) is 8.83. The summed E-state index contributed by atoms with van der Waals surface area (Å²) < 4.78 is 0. The van der Waals surface area contributed by atoms with Gasteiger partial charge in [-0.3, -0.25) is 4.79 Å². The van der Waals surface area contributed by atoms with Crippen LogP contribution in [0.3, 0.4) is 0 Å². The molecule has 1 aromatic carbocycles. The maximum atomic E-state index is 13.2. The Morgan fingerprint density at radius 1 is 1.17 bits per heavy atom. The number of hydrogen-bond donors (Lipinski definition) is 1. The smallest absolute Gasteiger partial charge is 0.230 e. The van der Waals surface area contributed by atoms with Crippen LogP contribution in [0.15, 0.2) is 47.8 Å². The van der Waals surface area contributed by atoms with E-state index < -0.39 is 5.41 Å². The number of amides is 1. The molecule has 1 aromatic heterocycles. The lowest BCUT2D eigenvalue weighted by Crippen LogP contribution is -2.45. The molecule has 1 atom stereocenters. The van der Waals surface area contributed by atoms with Gasteiger partial charge in [-0.15, -0.1) is 11.3 Å². The molecule has 0 spiro atoms. The minimum atomic E-state index is -0.400. The fourth-order valence-corrected chi connectivity index (χ4v) is 4.30. The Hall–Kier alpha value is -1.65. The number of carbonyl (C=O) groups excluding carboxylic acids is 1. The van der Waals surface area contributed by atoms with Gasteiger partial charge in [0.15, 0.2) is 0 Å². The fraction of sp³-hybridized carbons (Fsp3) is 0.450. The molecule has 2 heterocycles. The Morgan fingerprint density at radius 3 is 2.71 bits per heavy atom. The molecule has 4 heteroatoms. The maximum absolute atomic E-state index is 13.2. The summed E-state index contributed by atoms with van der Waals surface area (Å²) >= 11 is 1.69. The van der Waals surface area contributed by atoms with Crippen LogP contribution in [0.1, 0.15) is 36.6 Å². The van der Waals surface area contributed by atoms with Gasteiger partial charge < -0.3 is 10.2 Å². The van der Waals surface area contributed by atoms with Crippen molar-refractivity contribution in [2.75, 3.05) is 19.6 Å². The second-order valence-electron chi connectivity index (χ2n) is 6.50. The normalized spacial score (nSPS) is 22.0. The number of hydrogen-bond acceptors (Lipinski definition) is 3. The minimum absolute atomic E-state index is 0.181. The van der Waals surface area contributed by atoms with Crippen LogP contribution in [-0.2, 0) is 16.8 Å². The topological polar surface area (TPSA) is 32.3 Å². The molecule has 1 aliphatic rings. The van der Waals surface area contributed by atoms with Crippen LogP contribution in [0.2, 0.25) is 0 Å². The van der Waals surface area contributed by atoms with Crippen LogP contribution in [0.25, 0.3) is 0 Å². The van der Waals surface area contributed by atoms with E-state index in [0.29, 0.717) is 6.54 Å². The summed E-state index contributed by atoms with van der Waals surface area (Å²) in [7, 11) is 0. The third-order valence-corrected chi connectivity index (χ3v) is 6.02. The Morgan fingerprint density at radius 2 is 2.00 bits per heavy atom. The van der Waals surface area contributed by atoms with E-state index in [4.69, 9.17) is 0 Å². The van der Waals surface area contributed by atoms with Gasteiger partial charge in [0.1, 0.15) is 0 Å². The molecule has 1 aliphatic heterocycles. The number of thiophene rings is 1. The van der Waals surface area contributed by atoms with Crippen molar-refractivity contribution in [1.29, 1.82) is 0 Å². The van der Waals surface area contributed by atoms with Gasteiger partial charge in [-0.2, -0.15) is 0 Å². The third-order valence-electron chi connectivity index (χ3n) is 5.14. The quantitative estimate of drug-likeness (QED) is 0.896. The molecule has 1 N–H and O–H groups in total. The average molecular weight is 343 g/mol. The van der Waals surface area contributed by atoms with Crippen LogP contribution in [0.4, 0.5) is 0 Å². The first-order chi connectivity index (χ1) is 11.7. The first kappa shape index (κ1) is 17.2. The van der Waals surface area contributed by atoms with Gasteiger partial charge in [-0.25, -0.2) is 0 Å². The Kier molecular flexibility index (Phi) is 5.69. The van der Waals surface area contributed by atoms with Crippen LogP contribution < -0.4 is 5.32 Å². The van der Waals surface area contributed by atoms with E-state index in [2.05, 4.69) is 40.7 Å². The van der Waals surface area contributed by atoms with Gasteiger partial charge >= 0.3 is 0 Å². The van der Waals surface area contributed by atoms with Crippen molar-refractivity contribution in [3.63, 3.8) is 0 Å². The zero-order valence-electron chi connectivity index (χ0n) is 14.3. The van der Waals surface area contributed by atoms with Gasteiger partial charge in [0.2, 0.25) is 5.91 Å².